The second-order valence-electron chi connectivity index (χ2n) is 8.01. The fourth-order valence-electron chi connectivity index (χ4n) is 4.16. The number of carbonyl (C=O) groups excluding carboxylic acids is 2. The molecule has 0 bridgehead atoms. The lowest BCUT2D eigenvalue weighted by Crippen LogP contribution is -2.40. The van der Waals surface area contributed by atoms with E-state index in [0.29, 0.717) is 63.1 Å². The summed E-state index contributed by atoms with van der Waals surface area (Å²) in [5.41, 5.74) is 3.29. The molecule has 2 fully saturated rings. The van der Waals surface area contributed by atoms with Gasteiger partial charge in [-0.2, -0.15) is 0 Å². The summed E-state index contributed by atoms with van der Waals surface area (Å²) in [6, 6.07) is 3.83. The number of likely N-dealkylation sites (tertiary alicyclic amines) is 1. The van der Waals surface area contributed by atoms with E-state index < -0.39 is 0 Å². The summed E-state index contributed by atoms with van der Waals surface area (Å²) in [7, 11) is 0. The predicted octanol–water partition coefficient (Wildman–Crippen LogP) is 2.11. The molecule has 2 aromatic heterocycles. The number of ether oxygens (including phenoxy) is 1. The number of aromatic nitrogens is 2. The Balaban J connectivity index is 1.31. The van der Waals surface area contributed by atoms with E-state index in [-0.39, 0.29) is 11.8 Å². The molecule has 0 aliphatic carbocycles. The molecule has 2 amide bonds. The molecule has 160 valence electrons. The van der Waals surface area contributed by atoms with E-state index in [0.717, 1.165) is 29.8 Å². The number of carbonyl (C=O) groups is 2. The Hall–Kier alpha value is -2.74. The maximum atomic E-state index is 12.7. The van der Waals surface area contributed by atoms with Crippen molar-refractivity contribution in [3.05, 3.63) is 46.6 Å². The van der Waals surface area contributed by atoms with E-state index >= 15 is 0 Å². The number of amides is 2. The Bertz CT molecular complexity index is 875. The van der Waals surface area contributed by atoms with E-state index in [2.05, 4.69) is 10.1 Å². The van der Waals surface area contributed by atoms with Crippen LogP contribution in [0, 0.1) is 13.8 Å². The van der Waals surface area contributed by atoms with Crippen LogP contribution < -0.4 is 0 Å². The number of pyridine rings is 1. The summed E-state index contributed by atoms with van der Waals surface area (Å²) in [6.07, 6.45) is 3.76. The third-order valence-electron chi connectivity index (χ3n) is 6.11. The van der Waals surface area contributed by atoms with Crippen LogP contribution in [0.3, 0.4) is 0 Å². The van der Waals surface area contributed by atoms with Crippen molar-refractivity contribution in [2.75, 3.05) is 39.4 Å². The SMILES string of the molecule is Cc1noc(C)c1CC(=O)N1CCC(c2ccc(C(=O)N3CCOCC3)cn2)CC1. The van der Waals surface area contributed by atoms with Crippen LogP contribution in [-0.2, 0) is 16.0 Å². The zero-order valence-electron chi connectivity index (χ0n) is 17.6. The smallest absolute Gasteiger partial charge is 0.255 e. The molecule has 2 aromatic rings. The van der Waals surface area contributed by atoms with Crippen molar-refractivity contribution in [1.82, 2.24) is 19.9 Å². The van der Waals surface area contributed by atoms with Gasteiger partial charge in [0.25, 0.3) is 5.91 Å². The van der Waals surface area contributed by atoms with Gasteiger partial charge in [-0.15, -0.1) is 0 Å². The first-order chi connectivity index (χ1) is 14.5. The van der Waals surface area contributed by atoms with E-state index in [1.54, 1.807) is 6.20 Å². The lowest BCUT2D eigenvalue weighted by Gasteiger charge is -2.32. The largest absolute Gasteiger partial charge is 0.378 e. The lowest BCUT2D eigenvalue weighted by atomic mass is 9.92. The van der Waals surface area contributed by atoms with E-state index in [1.165, 1.54) is 0 Å². The van der Waals surface area contributed by atoms with Crippen LogP contribution in [-0.4, -0.2) is 71.1 Å². The van der Waals surface area contributed by atoms with E-state index in [1.807, 2.05) is 35.8 Å². The zero-order valence-corrected chi connectivity index (χ0v) is 17.6. The van der Waals surface area contributed by atoms with Gasteiger partial charge in [-0.25, -0.2) is 0 Å². The van der Waals surface area contributed by atoms with Crippen LogP contribution >= 0.6 is 0 Å². The Morgan fingerprint density at radius 3 is 2.40 bits per heavy atom. The van der Waals surface area contributed by atoms with Gasteiger partial charge in [-0.05, 0) is 38.8 Å². The quantitative estimate of drug-likeness (QED) is 0.764. The van der Waals surface area contributed by atoms with Crippen LogP contribution in [0.15, 0.2) is 22.9 Å². The van der Waals surface area contributed by atoms with Gasteiger partial charge in [0.2, 0.25) is 5.91 Å². The highest BCUT2D eigenvalue weighted by molar-refractivity contribution is 5.94. The molecule has 0 N–H and O–H groups in total. The molecule has 0 saturated carbocycles. The van der Waals surface area contributed by atoms with Crippen molar-refractivity contribution < 1.29 is 18.8 Å². The van der Waals surface area contributed by atoms with E-state index in [9.17, 15) is 9.59 Å². The predicted molar refractivity (Wildman–Crippen MR) is 109 cm³/mol. The summed E-state index contributed by atoms with van der Waals surface area (Å²) < 4.78 is 10.5. The summed E-state index contributed by atoms with van der Waals surface area (Å²) in [5, 5.41) is 3.93. The number of aryl methyl sites for hydroxylation is 2. The summed E-state index contributed by atoms with van der Waals surface area (Å²) in [4.78, 5) is 33.5. The average molecular weight is 412 g/mol. The van der Waals surface area contributed by atoms with Gasteiger partial charge >= 0.3 is 0 Å². The minimum atomic E-state index is 0.0112. The van der Waals surface area contributed by atoms with Crippen LogP contribution in [0.5, 0.6) is 0 Å². The molecule has 4 rings (SSSR count). The van der Waals surface area contributed by atoms with Crippen LogP contribution in [0.25, 0.3) is 0 Å². The minimum absolute atomic E-state index is 0.0112. The zero-order chi connectivity index (χ0) is 21.1. The first kappa shape index (κ1) is 20.5. The normalized spacial score (nSPS) is 17.9. The monoisotopic (exact) mass is 412 g/mol. The maximum absolute atomic E-state index is 12.7. The Morgan fingerprint density at radius 1 is 1.07 bits per heavy atom. The van der Waals surface area contributed by atoms with Gasteiger partial charge < -0.3 is 19.1 Å². The topological polar surface area (TPSA) is 88.8 Å². The van der Waals surface area contributed by atoms with Crippen molar-refractivity contribution in [1.29, 1.82) is 0 Å². The van der Waals surface area contributed by atoms with Crippen molar-refractivity contribution in [3.63, 3.8) is 0 Å². The second kappa shape index (κ2) is 8.95. The van der Waals surface area contributed by atoms with Gasteiger partial charge in [0.05, 0.1) is 30.9 Å². The van der Waals surface area contributed by atoms with Gasteiger partial charge in [0, 0.05) is 49.6 Å². The molecule has 8 heteroatoms. The summed E-state index contributed by atoms with van der Waals surface area (Å²) in [5.74, 6) is 1.15. The van der Waals surface area contributed by atoms with Crippen molar-refractivity contribution in [3.8, 4) is 0 Å². The van der Waals surface area contributed by atoms with E-state index in [4.69, 9.17) is 9.26 Å². The molecule has 2 saturated heterocycles. The molecule has 2 aliphatic rings. The van der Waals surface area contributed by atoms with Crippen LogP contribution in [0.2, 0.25) is 0 Å². The average Bonchev–Trinajstić information content (AvgIpc) is 3.11. The Labute approximate surface area is 176 Å². The first-order valence-corrected chi connectivity index (χ1v) is 10.6. The maximum Gasteiger partial charge on any atom is 0.255 e. The van der Waals surface area contributed by atoms with Gasteiger partial charge in [-0.1, -0.05) is 5.16 Å². The van der Waals surface area contributed by atoms with Crippen LogP contribution in [0.1, 0.15) is 51.8 Å². The highest BCUT2D eigenvalue weighted by atomic mass is 16.5. The van der Waals surface area contributed by atoms with Gasteiger partial charge in [0.15, 0.2) is 0 Å². The molecule has 8 nitrogen and oxygen atoms in total. The molecular weight excluding hydrogens is 384 g/mol. The third kappa shape index (κ3) is 4.38. The van der Waals surface area contributed by atoms with Crippen molar-refractivity contribution in [2.24, 2.45) is 0 Å². The molecule has 30 heavy (non-hydrogen) atoms. The highest BCUT2D eigenvalue weighted by Crippen LogP contribution is 2.27. The number of rotatable bonds is 4. The van der Waals surface area contributed by atoms with Crippen LogP contribution in [0.4, 0.5) is 0 Å². The number of hydrogen-bond donors (Lipinski definition) is 0. The Kier molecular flexibility index (Phi) is 6.13. The summed E-state index contributed by atoms with van der Waals surface area (Å²) >= 11 is 0. The number of nitrogens with zero attached hydrogens (tertiary/aromatic N) is 4. The number of piperidine rings is 1. The second-order valence-corrected chi connectivity index (χ2v) is 8.01. The molecule has 0 radical (unpaired) electrons. The molecule has 0 atom stereocenters. The highest BCUT2D eigenvalue weighted by Gasteiger charge is 2.26. The van der Waals surface area contributed by atoms with Crippen molar-refractivity contribution in [2.45, 2.75) is 39.0 Å². The fraction of sp³-hybridized carbons (Fsp3) is 0.545. The standard InChI is InChI=1S/C22H28N4O4/c1-15-19(16(2)30-24-15)13-21(27)25-7-5-17(6-8-25)20-4-3-18(14-23-20)22(28)26-9-11-29-12-10-26/h3-4,14,17H,5-13H2,1-2H3. The molecule has 0 aromatic carbocycles. The summed E-state index contributed by atoms with van der Waals surface area (Å²) in [6.45, 7) is 7.56. The number of morpholine rings is 1. The molecule has 2 aliphatic heterocycles. The van der Waals surface area contributed by atoms with Gasteiger partial charge in [-0.3, -0.25) is 14.6 Å². The Morgan fingerprint density at radius 2 is 1.80 bits per heavy atom. The molecule has 4 heterocycles. The minimum Gasteiger partial charge on any atom is -0.378 e. The number of hydrogen-bond acceptors (Lipinski definition) is 6. The fourth-order valence-corrected chi connectivity index (χ4v) is 4.16. The van der Waals surface area contributed by atoms with Crippen molar-refractivity contribution >= 4 is 11.8 Å². The van der Waals surface area contributed by atoms with Gasteiger partial charge in [0.1, 0.15) is 5.76 Å². The third-order valence-corrected chi connectivity index (χ3v) is 6.11. The molecule has 0 spiro atoms. The first-order valence-electron chi connectivity index (χ1n) is 10.6. The molecule has 0 unspecified atom stereocenters. The molecular formula is C22H28N4O4. The lowest BCUT2D eigenvalue weighted by molar-refractivity contribution is -0.131.